The third-order valence-electron chi connectivity index (χ3n) is 3.01. The van der Waals surface area contributed by atoms with Gasteiger partial charge in [0.05, 0.1) is 11.4 Å². The van der Waals surface area contributed by atoms with Gasteiger partial charge in [-0.25, -0.2) is 13.1 Å². The second-order valence-electron chi connectivity index (χ2n) is 4.47. The molecule has 0 saturated carbocycles. The van der Waals surface area contributed by atoms with Crippen molar-refractivity contribution in [2.24, 2.45) is 12.9 Å². The quantitative estimate of drug-likeness (QED) is 0.516. The highest BCUT2D eigenvalue weighted by atomic mass is 32.2. The highest BCUT2D eigenvalue weighted by Gasteiger charge is 2.19. The molecule has 2 heterocycles. The number of aryl methyl sites for hydroxylation is 2. The number of sulfonamides is 1. The van der Waals surface area contributed by atoms with Crippen LogP contribution in [0.15, 0.2) is 29.6 Å². The molecule has 4 N–H and O–H groups in total. The van der Waals surface area contributed by atoms with E-state index in [9.17, 15) is 8.42 Å². The minimum absolute atomic E-state index is 0.00874. The summed E-state index contributed by atoms with van der Waals surface area (Å²) < 4.78 is 28.8. The van der Waals surface area contributed by atoms with Crippen LogP contribution in [0.3, 0.4) is 0 Å². The van der Waals surface area contributed by atoms with Crippen LogP contribution in [0.2, 0.25) is 0 Å². The van der Waals surface area contributed by atoms with Gasteiger partial charge in [-0.1, -0.05) is 6.92 Å². The van der Waals surface area contributed by atoms with Crippen molar-refractivity contribution in [2.45, 2.75) is 24.8 Å². The zero-order valence-electron chi connectivity index (χ0n) is 11.9. The largest absolute Gasteiger partial charge is 0.323 e. The fourth-order valence-electron chi connectivity index (χ4n) is 1.99. The molecule has 114 valence electrons. The lowest BCUT2D eigenvalue weighted by atomic mass is 10.2. The van der Waals surface area contributed by atoms with Gasteiger partial charge in [-0.05, 0) is 12.5 Å². The second-order valence-corrected chi connectivity index (χ2v) is 6.20. The normalized spacial score (nSPS) is 11.6. The number of nitrogens with zero attached hydrogens (tertiary/aromatic N) is 3. The molecule has 0 amide bonds. The Balaban J connectivity index is 2.22. The van der Waals surface area contributed by atoms with Gasteiger partial charge in [-0.2, -0.15) is 5.10 Å². The van der Waals surface area contributed by atoms with Crippen LogP contribution in [0.1, 0.15) is 18.2 Å². The maximum atomic E-state index is 12.3. The van der Waals surface area contributed by atoms with E-state index in [-0.39, 0.29) is 11.4 Å². The molecule has 8 nitrogen and oxygen atoms in total. The van der Waals surface area contributed by atoms with Crippen molar-refractivity contribution in [2.75, 3.05) is 5.43 Å². The molecule has 9 heteroatoms. The highest BCUT2D eigenvalue weighted by Crippen LogP contribution is 2.18. The van der Waals surface area contributed by atoms with Crippen LogP contribution in [-0.2, 0) is 30.0 Å². The van der Waals surface area contributed by atoms with Gasteiger partial charge >= 0.3 is 0 Å². The van der Waals surface area contributed by atoms with Crippen molar-refractivity contribution >= 4 is 15.7 Å². The number of aromatic nitrogens is 3. The monoisotopic (exact) mass is 310 g/mol. The van der Waals surface area contributed by atoms with Crippen LogP contribution < -0.4 is 16.0 Å². The number of hydrazine groups is 1. The third-order valence-corrected chi connectivity index (χ3v) is 4.44. The molecule has 2 aromatic heterocycles. The van der Waals surface area contributed by atoms with E-state index >= 15 is 0 Å². The molecule has 2 rings (SSSR count). The van der Waals surface area contributed by atoms with E-state index in [1.807, 2.05) is 6.92 Å². The van der Waals surface area contributed by atoms with E-state index in [2.05, 4.69) is 20.2 Å². The summed E-state index contributed by atoms with van der Waals surface area (Å²) in [6.07, 6.45) is 5.25. The molecule has 0 saturated heterocycles. The molecule has 0 atom stereocenters. The second kappa shape index (κ2) is 6.20. The van der Waals surface area contributed by atoms with E-state index in [1.54, 1.807) is 17.9 Å². The Morgan fingerprint density at radius 2 is 2.19 bits per heavy atom. The van der Waals surface area contributed by atoms with Gasteiger partial charge in [0.2, 0.25) is 10.0 Å². The number of anilines is 1. The summed E-state index contributed by atoms with van der Waals surface area (Å²) in [5.74, 6) is 5.32. The van der Waals surface area contributed by atoms with Gasteiger partial charge < -0.3 is 5.43 Å². The van der Waals surface area contributed by atoms with Crippen LogP contribution >= 0.6 is 0 Å². The topological polar surface area (TPSA) is 115 Å². The SMILES string of the molecule is CCc1nn(C)cc1CNS(=O)(=O)c1cnccc1NN. The molecule has 0 aliphatic heterocycles. The van der Waals surface area contributed by atoms with Crippen LogP contribution in [0, 0.1) is 0 Å². The summed E-state index contributed by atoms with van der Waals surface area (Å²) in [5, 5.41) is 4.27. The molecule has 0 bridgehead atoms. The first-order valence-electron chi connectivity index (χ1n) is 6.39. The molecule has 0 unspecified atom stereocenters. The number of rotatable bonds is 6. The van der Waals surface area contributed by atoms with E-state index < -0.39 is 10.0 Å². The molecular formula is C12H18N6O2S. The van der Waals surface area contributed by atoms with Crippen molar-refractivity contribution in [3.05, 3.63) is 35.9 Å². The number of nitrogens with one attached hydrogen (secondary N) is 2. The number of nitrogens with two attached hydrogens (primary N) is 1. The minimum atomic E-state index is -3.71. The lowest BCUT2D eigenvalue weighted by Crippen LogP contribution is -2.25. The van der Waals surface area contributed by atoms with E-state index in [1.165, 1.54) is 18.5 Å². The van der Waals surface area contributed by atoms with Crippen LogP contribution in [0.4, 0.5) is 5.69 Å². The summed E-state index contributed by atoms with van der Waals surface area (Å²) in [6, 6.07) is 1.50. The maximum Gasteiger partial charge on any atom is 0.244 e. The van der Waals surface area contributed by atoms with Crippen molar-refractivity contribution in [3.63, 3.8) is 0 Å². The van der Waals surface area contributed by atoms with E-state index in [0.29, 0.717) is 5.69 Å². The molecule has 0 aromatic carbocycles. The Morgan fingerprint density at radius 1 is 1.43 bits per heavy atom. The smallest absolute Gasteiger partial charge is 0.244 e. The van der Waals surface area contributed by atoms with Crippen LogP contribution in [0.5, 0.6) is 0 Å². The number of pyridine rings is 1. The van der Waals surface area contributed by atoms with Gasteiger partial charge in [-0.3, -0.25) is 15.5 Å². The first-order chi connectivity index (χ1) is 9.97. The molecule has 0 fully saturated rings. The fourth-order valence-corrected chi connectivity index (χ4v) is 3.11. The molecule has 0 aliphatic carbocycles. The molecule has 21 heavy (non-hydrogen) atoms. The molecule has 2 aromatic rings. The maximum absolute atomic E-state index is 12.3. The first-order valence-corrected chi connectivity index (χ1v) is 7.88. The standard InChI is InChI=1S/C12H18N6O2S/c1-3-10-9(8-18(2)17-10)6-15-21(19,20)12-7-14-5-4-11(12)16-13/h4-5,7-8,15H,3,6,13H2,1-2H3,(H,14,16). The molecule has 0 radical (unpaired) electrons. The zero-order valence-corrected chi connectivity index (χ0v) is 12.7. The van der Waals surface area contributed by atoms with Crippen LogP contribution in [-0.4, -0.2) is 23.2 Å². The molecular weight excluding hydrogens is 292 g/mol. The Kier molecular flexibility index (Phi) is 4.56. The zero-order chi connectivity index (χ0) is 15.5. The van der Waals surface area contributed by atoms with E-state index in [4.69, 9.17) is 5.84 Å². The van der Waals surface area contributed by atoms with Crippen molar-refractivity contribution in [1.82, 2.24) is 19.5 Å². The van der Waals surface area contributed by atoms with Crippen LogP contribution in [0.25, 0.3) is 0 Å². The summed E-state index contributed by atoms with van der Waals surface area (Å²) in [5.41, 5.74) is 4.35. The lowest BCUT2D eigenvalue weighted by molar-refractivity contribution is 0.581. The van der Waals surface area contributed by atoms with E-state index in [0.717, 1.165) is 17.7 Å². The van der Waals surface area contributed by atoms with Gasteiger partial charge in [0, 0.05) is 37.7 Å². The van der Waals surface area contributed by atoms with Crippen molar-refractivity contribution < 1.29 is 8.42 Å². The predicted molar refractivity (Wildman–Crippen MR) is 78.7 cm³/mol. The first kappa shape index (κ1) is 15.4. The average Bonchev–Trinajstić information content (AvgIpc) is 2.85. The number of nitrogen functional groups attached to an aromatic ring is 1. The summed E-state index contributed by atoms with van der Waals surface area (Å²) in [7, 11) is -1.91. The minimum Gasteiger partial charge on any atom is -0.323 e. The summed E-state index contributed by atoms with van der Waals surface area (Å²) in [4.78, 5) is 3.83. The summed E-state index contributed by atoms with van der Waals surface area (Å²) >= 11 is 0. The Bertz CT molecular complexity index is 725. The highest BCUT2D eigenvalue weighted by molar-refractivity contribution is 7.89. The molecule has 0 aliphatic rings. The molecule has 0 spiro atoms. The van der Waals surface area contributed by atoms with Crippen molar-refractivity contribution in [1.29, 1.82) is 0 Å². The summed E-state index contributed by atoms with van der Waals surface area (Å²) in [6.45, 7) is 2.14. The Hall–Kier alpha value is -1.97. The lowest BCUT2D eigenvalue weighted by Gasteiger charge is -2.10. The Labute approximate surface area is 123 Å². The number of hydrogen-bond donors (Lipinski definition) is 3. The fraction of sp³-hybridized carbons (Fsp3) is 0.333. The Morgan fingerprint density at radius 3 is 2.86 bits per heavy atom. The third kappa shape index (κ3) is 3.38. The van der Waals surface area contributed by atoms with Gasteiger partial charge in [0.15, 0.2) is 0 Å². The van der Waals surface area contributed by atoms with Gasteiger partial charge in [0.1, 0.15) is 4.90 Å². The van der Waals surface area contributed by atoms with Gasteiger partial charge in [0.25, 0.3) is 0 Å². The van der Waals surface area contributed by atoms with Gasteiger partial charge in [-0.15, -0.1) is 0 Å². The van der Waals surface area contributed by atoms with Crippen molar-refractivity contribution in [3.8, 4) is 0 Å². The average molecular weight is 310 g/mol. The predicted octanol–water partition coefficient (Wildman–Crippen LogP) is 0.142. The number of hydrogen-bond acceptors (Lipinski definition) is 6.